The Morgan fingerprint density at radius 3 is 2.69 bits per heavy atom. The standard InChI is InChI=1S/C12H15N3O/c1-7(13)9-4-3-5-10(6-9)11-8(2)16-15-12(11)14/h3-7H,13H2,1-2H3,(H2,14,15)/t7-/m0/s1. The average molecular weight is 217 g/mol. The number of rotatable bonds is 2. The van der Waals surface area contributed by atoms with E-state index in [9.17, 15) is 0 Å². The van der Waals surface area contributed by atoms with Crippen LogP contribution >= 0.6 is 0 Å². The molecule has 4 nitrogen and oxygen atoms in total. The molecule has 16 heavy (non-hydrogen) atoms. The van der Waals surface area contributed by atoms with Gasteiger partial charge in [-0.2, -0.15) is 0 Å². The highest BCUT2D eigenvalue weighted by Gasteiger charge is 2.12. The number of anilines is 1. The molecule has 1 atom stereocenters. The molecule has 0 fully saturated rings. The molecule has 1 heterocycles. The molecule has 1 aromatic carbocycles. The highest BCUT2D eigenvalue weighted by atomic mass is 16.5. The van der Waals surface area contributed by atoms with Crippen molar-refractivity contribution in [3.63, 3.8) is 0 Å². The van der Waals surface area contributed by atoms with Gasteiger partial charge in [0.25, 0.3) is 0 Å². The second-order valence-electron chi connectivity index (χ2n) is 3.91. The van der Waals surface area contributed by atoms with E-state index in [0.717, 1.165) is 22.5 Å². The fourth-order valence-electron chi connectivity index (χ4n) is 1.72. The van der Waals surface area contributed by atoms with Gasteiger partial charge in [0.05, 0.1) is 5.56 Å². The lowest BCUT2D eigenvalue weighted by Crippen LogP contribution is -2.04. The monoisotopic (exact) mass is 217 g/mol. The number of nitrogen functional groups attached to an aromatic ring is 1. The van der Waals surface area contributed by atoms with E-state index in [1.165, 1.54) is 0 Å². The minimum Gasteiger partial charge on any atom is -0.380 e. The van der Waals surface area contributed by atoms with Crippen LogP contribution in [0.2, 0.25) is 0 Å². The quantitative estimate of drug-likeness (QED) is 0.808. The maximum atomic E-state index is 5.84. The number of aryl methyl sites for hydroxylation is 1. The molecule has 0 saturated heterocycles. The second kappa shape index (κ2) is 3.98. The Kier molecular flexibility index (Phi) is 2.66. The number of aromatic nitrogens is 1. The molecular weight excluding hydrogens is 202 g/mol. The summed E-state index contributed by atoms with van der Waals surface area (Å²) in [5.74, 6) is 1.14. The Hall–Kier alpha value is -1.81. The Morgan fingerprint density at radius 2 is 2.12 bits per heavy atom. The Labute approximate surface area is 94.2 Å². The number of nitrogens with two attached hydrogens (primary N) is 2. The van der Waals surface area contributed by atoms with E-state index in [2.05, 4.69) is 5.16 Å². The Balaban J connectivity index is 2.52. The van der Waals surface area contributed by atoms with Crippen molar-refractivity contribution in [1.29, 1.82) is 0 Å². The molecule has 0 saturated carbocycles. The van der Waals surface area contributed by atoms with Crippen molar-refractivity contribution in [1.82, 2.24) is 5.16 Å². The predicted octanol–water partition coefficient (Wildman–Crippen LogP) is 2.25. The van der Waals surface area contributed by atoms with Crippen LogP contribution in [-0.4, -0.2) is 5.16 Å². The summed E-state index contributed by atoms with van der Waals surface area (Å²) in [6.07, 6.45) is 0. The molecule has 0 radical (unpaired) electrons. The molecule has 0 aliphatic rings. The van der Waals surface area contributed by atoms with Crippen LogP contribution in [0.4, 0.5) is 5.82 Å². The maximum absolute atomic E-state index is 5.84. The molecule has 0 spiro atoms. The number of nitrogens with zero attached hydrogens (tertiary/aromatic N) is 1. The molecule has 0 unspecified atom stereocenters. The zero-order chi connectivity index (χ0) is 11.7. The molecule has 0 amide bonds. The molecule has 2 rings (SSSR count). The summed E-state index contributed by atoms with van der Waals surface area (Å²) in [5, 5.41) is 3.74. The first-order chi connectivity index (χ1) is 7.59. The highest BCUT2D eigenvalue weighted by molar-refractivity contribution is 5.75. The third kappa shape index (κ3) is 1.79. The predicted molar refractivity (Wildman–Crippen MR) is 63.7 cm³/mol. The van der Waals surface area contributed by atoms with Gasteiger partial charge in [0.1, 0.15) is 5.76 Å². The summed E-state index contributed by atoms with van der Waals surface area (Å²) in [6, 6.07) is 7.94. The summed E-state index contributed by atoms with van der Waals surface area (Å²) < 4.78 is 5.04. The molecule has 0 aliphatic heterocycles. The van der Waals surface area contributed by atoms with Crippen LogP contribution in [0.1, 0.15) is 24.3 Å². The van der Waals surface area contributed by atoms with Crippen LogP contribution in [0, 0.1) is 6.92 Å². The van der Waals surface area contributed by atoms with Gasteiger partial charge in [0.15, 0.2) is 5.82 Å². The van der Waals surface area contributed by atoms with Gasteiger partial charge in [-0.1, -0.05) is 23.4 Å². The maximum Gasteiger partial charge on any atom is 0.175 e. The third-order valence-electron chi connectivity index (χ3n) is 2.59. The van der Waals surface area contributed by atoms with E-state index in [1.54, 1.807) is 0 Å². The van der Waals surface area contributed by atoms with Crippen molar-refractivity contribution in [2.75, 3.05) is 5.73 Å². The van der Waals surface area contributed by atoms with Crippen LogP contribution < -0.4 is 11.5 Å². The molecule has 1 aromatic heterocycles. The van der Waals surface area contributed by atoms with Crippen molar-refractivity contribution in [3.05, 3.63) is 35.6 Å². The van der Waals surface area contributed by atoms with Gasteiger partial charge in [-0.3, -0.25) is 0 Å². The number of hydrogen-bond acceptors (Lipinski definition) is 4. The van der Waals surface area contributed by atoms with Gasteiger partial charge in [0.2, 0.25) is 0 Å². The van der Waals surface area contributed by atoms with Gasteiger partial charge in [-0.15, -0.1) is 0 Å². The summed E-state index contributed by atoms with van der Waals surface area (Å²) in [5.41, 5.74) is 14.5. The topological polar surface area (TPSA) is 78.1 Å². The van der Waals surface area contributed by atoms with Crippen molar-refractivity contribution in [3.8, 4) is 11.1 Å². The van der Waals surface area contributed by atoms with E-state index < -0.39 is 0 Å². The van der Waals surface area contributed by atoms with Gasteiger partial charge in [-0.25, -0.2) is 0 Å². The minimum atomic E-state index is 0.00124. The van der Waals surface area contributed by atoms with Crippen LogP contribution in [0.3, 0.4) is 0 Å². The third-order valence-corrected chi connectivity index (χ3v) is 2.59. The molecular formula is C12H15N3O. The molecule has 0 aliphatic carbocycles. The minimum absolute atomic E-state index is 0.00124. The first-order valence-electron chi connectivity index (χ1n) is 5.17. The van der Waals surface area contributed by atoms with Crippen LogP contribution in [-0.2, 0) is 0 Å². The smallest absolute Gasteiger partial charge is 0.175 e. The largest absolute Gasteiger partial charge is 0.380 e. The molecule has 2 aromatic rings. The first-order valence-corrected chi connectivity index (χ1v) is 5.17. The zero-order valence-corrected chi connectivity index (χ0v) is 9.40. The van der Waals surface area contributed by atoms with Crippen molar-refractivity contribution >= 4 is 5.82 Å². The van der Waals surface area contributed by atoms with Crippen LogP contribution in [0.5, 0.6) is 0 Å². The molecule has 4 N–H and O–H groups in total. The summed E-state index contributed by atoms with van der Waals surface area (Å²) in [6.45, 7) is 3.79. The van der Waals surface area contributed by atoms with Crippen molar-refractivity contribution in [2.24, 2.45) is 5.73 Å². The Morgan fingerprint density at radius 1 is 1.38 bits per heavy atom. The van der Waals surface area contributed by atoms with Crippen LogP contribution in [0.25, 0.3) is 11.1 Å². The van der Waals surface area contributed by atoms with Gasteiger partial charge >= 0.3 is 0 Å². The highest BCUT2D eigenvalue weighted by Crippen LogP contribution is 2.30. The summed E-state index contributed by atoms with van der Waals surface area (Å²) in [4.78, 5) is 0. The lowest BCUT2D eigenvalue weighted by molar-refractivity contribution is 0.401. The fraction of sp³-hybridized carbons (Fsp3) is 0.250. The first kappa shape index (κ1) is 10.7. The van der Waals surface area contributed by atoms with E-state index in [4.69, 9.17) is 16.0 Å². The van der Waals surface area contributed by atoms with E-state index in [-0.39, 0.29) is 6.04 Å². The molecule has 4 heteroatoms. The molecule has 84 valence electrons. The van der Waals surface area contributed by atoms with Gasteiger partial charge in [0, 0.05) is 6.04 Å². The van der Waals surface area contributed by atoms with E-state index in [1.807, 2.05) is 38.1 Å². The number of benzene rings is 1. The SMILES string of the molecule is Cc1onc(N)c1-c1cccc([C@H](C)N)c1. The molecule has 0 bridgehead atoms. The van der Waals surface area contributed by atoms with E-state index in [0.29, 0.717) is 5.82 Å². The lowest BCUT2D eigenvalue weighted by Gasteiger charge is -2.07. The van der Waals surface area contributed by atoms with Crippen molar-refractivity contribution in [2.45, 2.75) is 19.9 Å². The average Bonchev–Trinajstić information content (AvgIpc) is 2.59. The summed E-state index contributed by atoms with van der Waals surface area (Å²) in [7, 11) is 0. The summed E-state index contributed by atoms with van der Waals surface area (Å²) >= 11 is 0. The number of hydrogen-bond donors (Lipinski definition) is 2. The normalized spacial score (nSPS) is 12.7. The van der Waals surface area contributed by atoms with E-state index >= 15 is 0 Å². The second-order valence-corrected chi connectivity index (χ2v) is 3.91. The van der Waals surface area contributed by atoms with Crippen LogP contribution in [0.15, 0.2) is 28.8 Å². The lowest BCUT2D eigenvalue weighted by atomic mass is 10.0. The van der Waals surface area contributed by atoms with Crippen molar-refractivity contribution < 1.29 is 4.52 Å². The zero-order valence-electron chi connectivity index (χ0n) is 9.40. The van der Waals surface area contributed by atoms with Gasteiger partial charge < -0.3 is 16.0 Å². The fourth-order valence-corrected chi connectivity index (χ4v) is 1.72. The Bertz CT molecular complexity index is 483. The van der Waals surface area contributed by atoms with Gasteiger partial charge in [-0.05, 0) is 31.0 Å².